The van der Waals surface area contributed by atoms with E-state index >= 15 is 0 Å². The first-order valence-corrected chi connectivity index (χ1v) is 7.82. The third-order valence-electron chi connectivity index (χ3n) is 2.79. The molecule has 20 heavy (non-hydrogen) atoms. The topological polar surface area (TPSA) is 18.5 Å². The molecule has 0 atom stereocenters. The Bertz CT molecular complexity index is 577. The van der Waals surface area contributed by atoms with Crippen LogP contribution >= 0.6 is 39.1 Å². The van der Waals surface area contributed by atoms with Gasteiger partial charge in [-0.25, -0.2) is 0 Å². The summed E-state index contributed by atoms with van der Waals surface area (Å²) in [5.74, 6) is 1.28. The second-order valence-corrected chi connectivity index (χ2v) is 5.51. The predicted molar refractivity (Wildman–Crippen MR) is 86.4 cm³/mol. The second-order valence-electron chi connectivity index (χ2n) is 4.11. The lowest BCUT2D eigenvalue weighted by atomic mass is 10.2. The molecule has 0 radical (unpaired) electrons. The molecule has 0 N–H and O–H groups in total. The molecule has 0 aliphatic heterocycles. The summed E-state index contributed by atoms with van der Waals surface area (Å²) in [7, 11) is 1.59. The van der Waals surface area contributed by atoms with E-state index in [-0.39, 0.29) is 0 Å². The van der Waals surface area contributed by atoms with E-state index in [0.717, 1.165) is 11.1 Å². The van der Waals surface area contributed by atoms with E-state index in [1.807, 2.05) is 30.3 Å². The van der Waals surface area contributed by atoms with Crippen molar-refractivity contribution < 1.29 is 9.47 Å². The molecular weight excluding hydrogens is 363 g/mol. The molecule has 0 aromatic heterocycles. The molecule has 0 bridgehead atoms. The van der Waals surface area contributed by atoms with Crippen molar-refractivity contribution in [1.82, 2.24) is 0 Å². The number of hydrogen-bond acceptors (Lipinski definition) is 2. The van der Waals surface area contributed by atoms with E-state index < -0.39 is 0 Å². The molecule has 0 unspecified atom stereocenters. The zero-order chi connectivity index (χ0) is 14.5. The molecule has 0 amide bonds. The predicted octanol–water partition coefficient (Wildman–Crippen LogP) is 5.48. The fraction of sp³-hybridized carbons (Fsp3) is 0.200. The van der Waals surface area contributed by atoms with Crippen molar-refractivity contribution in [3.8, 4) is 11.5 Å². The van der Waals surface area contributed by atoms with Crippen LogP contribution < -0.4 is 9.47 Å². The molecule has 0 aliphatic rings. The molecule has 0 heterocycles. The molecule has 106 valence electrons. The zero-order valence-corrected chi connectivity index (χ0v) is 13.9. The molecule has 5 heteroatoms. The van der Waals surface area contributed by atoms with Crippen molar-refractivity contribution in [3.05, 3.63) is 57.6 Å². The minimum Gasteiger partial charge on any atom is -0.493 e. The average molecular weight is 376 g/mol. The normalized spacial score (nSPS) is 10.4. The maximum absolute atomic E-state index is 6.12. The maximum Gasteiger partial charge on any atom is 0.165 e. The molecular formula is C15H13BrCl2O2. The van der Waals surface area contributed by atoms with Gasteiger partial charge in [0.15, 0.2) is 11.5 Å². The first kappa shape index (κ1) is 15.5. The van der Waals surface area contributed by atoms with Crippen LogP contribution in [0.3, 0.4) is 0 Å². The average Bonchev–Trinajstić information content (AvgIpc) is 2.46. The van der Waals surface area contributed by atoms with Crippen LogP contribution in [0.2, 0.25) is 10.0 Å². The van der Waals surface area contributed by atoms with E-state index in [4.69, 9.17) is 32.7 Å². The summed E-state index contributed by atoms with van der Waals surface area (Å²) in [4.78, 5) is 0. The van der Waals surface area contributed by atoms with Gasteiger partial charge in [0.2, 0.25) is 0 Å². The van der Waals surface area contributed by atoms with Crippen molar-refractivity contribution in [3.63, 3.8) is 0 Å². The molecule has 0 fully saturated rings. The number of benzene rings is 2. The molecule has 2 nitrogen and oxygen atoms in total. The summed E-state index contributed by atoms with van der Waals surface area (Å²) in [6.07, 6.45) is 0. The highest BCUT2D eigenvalue weighted by Crippen LogP contribution is 2.36. The van der Waals surface area contributed by atoms with Crippen LogP contribution in [0.5, 0.6) is 11.5 Å². The number of hydrogen-bond donors (Lipinski definition) is 0. The van der Waals surface area contributed by atoms with Gasteiger partial charge in [-0.1, -0.05) is 57.3 Å². The molecule has 2 aromatic carbocycles. The first-order chi connectivity index (χ1) is 9.65. The van der Waals surface area contributed by atoms with Crippen LogP contribution in [0.15, 0.2) is 36.4 Å². The SMILES string of the molecule is COc1cc(Cl)cc(CBr)c1OCc1ccccc1Cl. The van der Waals surface area contributed by atoms with Gasteiger partial charge in [-0.3, -0.25) is 0 Å². The maximum atomic E-state index is 6.12. The first-order valence-electron chi connectivity index (χ1n) is 5.94. The van der Waals surface area contributed by atoms with E-state index in [0.29, 0.717) is 33.5 Å². The minimum atomic E-state index is 0.373. The summed E-state index contributed by atoms with van der Waals surface area (Å²) < 4.78 is 11.2. The monoisotopic (exact) mass is 374 g/mol. The molecule has 0 saturated heterocycles. The van der Waals surface area contributed by atoms with Gasteiger partial charge in [-0.05, 0) is 12.1 Å². The van der Waals surface area contributed by atoms with Crippen LogP contribution in [-0.2, 0) is 11.9 Å². The summed E-state index contributed by atoms with van der Waals surface area (Å²) >= 11 is 15.6. The molecule has 2 aromatic rings. The quantitative estimate of drug-likeness (QED) is 0.644. The van der Waals surface area contributed by atoms with Gasteiger partial charge in [0, 0.05) is 32.6 Å². The Morgan fingerprint density at radius 3 is 2.50 bits per heavy atom. The van der Waals surface area contributed by atoms with Crippen molar-refractivity contribution in [2.75, 3.05) is 7.11 Å². The Labute approximate surface area is 136 Å². The van der Waals surface area contributed by atoms with Gasteiger partial charge < -0.3 is 9.47 Å². The number of halogens is 3. The van der Waals surface area contributed by atoms with E-state index in [1.54, 1.807) is 13.2 Å². The van der Waals surface area contributed by atoms with Crippen molar-refractivity contribution in [2.24, 2.45) is 0 Å². The van der Waals surface area contributed by atoms with Gasteiger partial charge in [0.25, 0.3) is 0 Å². The van der Waals surface area contributed by atoms with Crippen molar-refractivity contribution in [2.45, 2.75) is 11.9 Å². The van der Waals surface area contributed by atoms with Crippen LogP contribution in [-0.4, -0.2) is 7.11 Å². The molecule has 0 spiro atoms. The van der Waals surface area contributed by atoms with Gasteiger partial charge in [0.05, 0.1) is 7.11 Å². The fourth-order valence-electron chi connectivity index (χ4n) is 1.80. The van der Waals surface area contributed by atoms with Crippen LogP contribution in [0.25, 0.3) is 0 Å². The summed E-state index contributed by atoms with van der Waals surface area (Å²) in [5.41, 5.74) is 1.85. The largest absolute Gasteiger partial charge is 0.493 e. The van der Waals surface area contributed by atoms with Gasteiger partial charge in [-0.15, -0.1) is 0 Å². The number of ether oxygens (including phenoxy) is 2. The Morgan fingerprint density at radius 1 is 1.10 bits per heavy atom. The number of rotatable bonds is 5. The summed E-state index contributed by atoms with van der Waals surface area (Å²) in [6.45, 7) is 0.373. The molecule has 0 saturated carbocycles. The Kier molecular flexibility index (Phi) is 5.58. The smallest absolute Gasteiger partial charge is 0.165 e. The highest BCUT2D eigenvalue weighted by Gasteiger charge is 2.13. The van der Waals surface area contributed by atoms with Gasteiger partial charge in [-0.2, -0.15) is 0 Å². The second kappa shape index (κ2) is 7.21. The minimum absolute atomic E-state index is 0.373. The van der Waals surface area contributed by atoms with Crippen molar-refractivity contribution in [1.29, 1.82) is 0 Å². The highest BCUT2D eigenvalue weighted by atomic mass is 79.9. The third kappa shape index (κ3) is 3.60. The Morgan fingerprint density at radius 2 is 1.85 bits per heavy atom. The van der Waals surface area contributed by atoms with Gasteiger partial charge in [0.1, 0.15) is 6.61 Å². The fourth-order valence-corrected chi connectivity index (χ4v) is 2.64. The van der Waals surface area contributed by atoms with E-state index in [2.05, 4.69) is 15.9 Å². The lowest BCUT2D eigenvalue weighted by Crippen LogP contribution is -2.01. The molecule has 0 aliphatic carbocycles. The highest BCUT2D eigenvalue weighted by molar-refractivity contribution is 9.08. The van der Waals surface area contributed by atoms with Gasteiger partial charge >= 0.3 is 0 Å². The Balaban J connectivity index is 2.27. The summed E-state index contributed by atoms with van der Waals surface area (Å²) in [5, 5.41) is 1.92. The van der Waals surface area contributed by atoms with Crippen molar-refractivity contribution >= 4 is 39.1 Å². The van der Waals surface area contributed by atoms with E-state index in [1.165, 1.54) is 0 Å². The Hall–Kier alpha value is -0.900. The summed E-state index contributed by atoms with van der Waals surface area (Å²) in [6, 6.07) is 11.2. The van der Waals surface area contributed by atoms with Crippen LogP contribution in [0.1, 0.15) is 11.1 Å². The lowest BCUT2D eigenvalue weighted by Gasteiger charge is -2.15. The number of methoxy groups -OCH3 is 1. The zero-order valence-electron chi connectivity index (χ0n) is 10.8. The van der Waals surface area contributed by atoms with Crippen LogP contribution in [0.4, 0.5) is 0 Å². The molecule has 2 rings (SSSR count). The standard InChI is InChI=1S/C15H13BrCl2O2/c1-19-14-7-12(17)6-11(8-16)15(14)20-9-10-4-2-3-5-13(10)18/h2-7H,8-9H2,1H3. The number of alkyl halides is 1. The van der Waals surface area contributed by atoms with Crippen LogP contribution in [0, 0.1) is 0 Å². The van der Waals surface area contributed by atoms with E-state index in [9.17, 15) is 0 Å². The third-order valence-corrected chi connectivity index (χ3v) is 3.98. The lowest BCUT2D eigenvalue weighted by molar-refractivity contribution is 0.282.